The van der Waals surface area contributed by atoms with Crippen LogP contribution in [0.1, 0.15) is 11.4 Å². The van der Waals surface area contributed by atoms with Crippen molar-refractivity contribution in [2.24, 2.45) is 0 Å². The summed E-state index contributed by atoms with van der Waals surface area (Å²) in [6.07, 6.45) is -2.90. The Labute approximate surface area is 142 Å². The number of hydrogen-bond donors (Lipinski definition) is 1. The van der Waals surface area contributed by atoms with Gasteiger partial charge in [-0.1, -0.05) is 18.2 Å². The van der Waals surface area contributed by atoms with Crippen LogP contribution in [0.2, 0.25) is 0 Å². The van der Waals surface area contributed by atoms with Gasteiger partial charge < -0.3 is 5.32 Å². The molecular formula is C17H16F3N5. The molecule has 0 saturated heterocycles. The Morgan fingerprint density at radius 1 is 1.08 bits per heavy atom. The summed E-state index contributed by atoms with van der Waals surface area (Å²) in [6.45, 7) is 2.55. The van der Waals surface area contributed by atoms with Crippen molar-refractivity contribution in [1.29, 1.82) is 0 Å². The Hall–Kier alpha value is -2.90. The zero-order valence-electron chi connectivity index (χ0n) is 13.7. The second-order valence-corrected chi connectivity index (χ2v) is 5.53. The molecule has 3 aromatic rings. The van der Waals surface area contributed by atoms with Gasteiger partial charge in [0.25, 0.3) is 0 Å². The maximum absolute atomic E-state index is 12.4. The van der Waals surface area contributed by atoms with Crippen molar-refractivity contribution in [2.75, 3.05) is 11.9 Å². The normalized spacial score (nSPS) is 11.6. The monoisotopic (exact) mass is 347 g/mol. The Balaban J connectivity index is 1.96. The number of alkyl halides is 3. The van der Waals surface area contributed by atoms with E-state index in [9.17, 15) is 13.2 Å². The number of benzene rings is 1. The number of para-hydroxylation sites is 1. The van der Waals surface area contributed by atoms with Gasteiger partial charge in [-0.2, -0.15) is 18.3 Å². The van der Waals surface area contributed by atoms with Crippen LogP contribution in [-0.4, -0.2) is 32.5 Å². The Bertz CT molecular complexity index is 872. The lowest BCUT2D eigenvalue weighted by atomic mass is 10.1. The molecule has 0 spiro atoms. The minimum absolute atomic E-state index is 0.0684. The second-order valence-electron chi connectivity index (χ2n) is 5.53. The topological polar surface area (TPSA) is 55.6 Å². The van der Waals surface area contributed by atoms with E-state index in [4.69, 9.17) is 0 Å². The number of aryl methyl sites for hydroxylation is 1. The lowest BCUT2D eigenvalue weighted by Gasteiger charge is -2.09. The molecule has 2 heterocycles. The summed E-state index contributed by atoms with van der Waals surface area (Å²) in [4.78, 5) is 8.04. The molecule has 0 aliphatic rings. The van der Waals surface area contributed by atoms with Crippen LogP contribution in [0.15, 0.2) is 42.6 Å². The smallest absolute Gasteiger partial charge is 0.345 e. The van der Waals surface area contributed by atoms with Gasteiger partial charge >= 0.3 is 6.18 Å². The summed E-state index contributed by atoms with van der Waals surface area (Å²) in [5, 5.41) is 6.73. The van der Waals surface area contributed by atoms with Gasteiger partial charge in [0, 0.05) is 11.8 Å². The van der Waals surface area contributed by atoms with Crippen LogP contribution in [0, 0.1) is 13.8 Å². The van der Waals surface area contributed by atoms with Crippen molar-refractivity contribution in [3.05, 3.63) is 54.0 Å². The summed E-state index contributed by atoms with van der Waals surface area (Å²) < 4.78 is 38.8. The third kappa shape index (κ3) is 3.78. The molecule has 0 saturated carbocycles. The molecule has 0 radical (unpaired) electrons. The number of nitrogens with one attached hydrogen (secondary N) is 1. The maximum atomic E-state index is 12.4. The van der Waals surface area contributed by atoms with Crippen molar-refractivity contribution in [1.82, 2.24) is 19.7 Å². The van der Waals surface area contributed by atoms with Crippen molar-refractivity contribution >= 4 is 5.95 Å². The summed E-state index contributed by atoms with van der Waals surface area (Å²) in [7, 11) is 0. The van der Waals surface area contributed by atoms with Gasteiger partial charge in [0.1, 0.15) is 6.54 Å². The van der Waals surface area contributed by atoms with Crippen molar-refractivity contribution in [3.63, 3.8) is 0 Å². The first-order valence-electron chi connectivity index (χ1n) is 7.61. The Kier molecular flexibility index (Phi) is 4.43. The van der Waals surface area contributed by atoms with Crippen LogP contribution in [0.5, 0.6) is 0 Å². The first-order valence-corrected chi connectivity index (χ1v) is 7.61. The number of aromatic nitrogens is 4. The van der Waals surface area contributed by atoms with E-state index in [1.54, 1.807) is 10.7 Å². The van der Waals surface area contributed by atoms with E-state index in [0.717, 1.165) is 22.6 Å². The van der Waals surface area contributed by atoms with E-state index in [0.29, 0.717) is 5.69 Å². The van der Waals surface area contributed by atoms with Crippen LogP contribution in [-0.2, 0) is 0 Å². The number of nitrogens with zero attached hydrogens (tertiary/aromatic N) is 4. The lowest BCUT2D eigenvalue weighted by molar-refractivity contribution is -0.115. The molecule has 0 aliphatic carbocycles. The molecule has 0 aliphatic heterocycles. The van der Waals surface area contributed by atoms with Gasteiger partial charge in [-0.3, -0.25) is 0 Å². The molecule has 0 amide bonds. The standard InChI is InChI=1S/C17H16F3N5/c1-11-15(12(2)25(24-11)13-6-4-3-5-7-13)14-8-9-21-16(23-14)22-10-17(18,19)20/h3-9H,10H2,1-2H3,(H,21,22,23). The first-order chi connectivity index (χ1) is 11.8. The third-order valence-electron chi connectivity index (χ3n) is 3.65. The molecule has 3 rings (SSSR count). The van der Waals surface area contributed by atoms with Crippen molar-refractivity contribution in [2.45, 2.75) is 20.0 Å². The molecule has 25 heavy (non-hydrogen) atoms. The molecule has 130 valence electrons. The highest BCUT2D eigenvalue weighted by Crippen LogP contribution is 2.27. The van der Waals surface area contributed by atoms with Gasteiger partial charge in [-0.15, -0.1) is 0 Å². The van der Waals surface area contributed by atoms with Crippen LogP contribution in [0.25, 0.3) is 16.9 Å². The van der Waals surface area contributed by atoms with Crippen molar-refractivity contribution in [3.8, 4) is 16.9 Å². The molecule has 1 N–H and O–H groups in total. The fourth-order valence-corrected chi connectivity index (χ4v) is 2.60. The van der Waals surface area contributed by atoms with Gasteiger partial charge in [-0.05, 0) is 32.0 Å². The molecule has 1 aromatic carbocycles. The highest BCUT2D eigenvalue weighted by molar-refractivity contribution is 5.66. The van der Waals surface area contributed by atoms with Gasteiger partial charge in [0.15, 0.2) is 0 Å². The molecule has 0 bridgehead atoms. The zero-order chi connectivity index (χ0) is 18.0. The minimum atomic E-state index is -4.33. The second kappa shape index (κ2) is 6.54. The maximum Gasteiger partial charge on any atom is 0.405 e. The van der Waals surface area contributed by atoms with Crippen LogP contribution >= 0.6 is 0 Å². The van der Waals surface area contributed by atoms with Crippen LogP contribution in [0.3, 0.4) is 0 Å². The summed E-state index contributed by atoms with van der Waals surface area (Å²) in [5.41, 5.74) is 3.79. The number of hydrogen-bond acceptors (Lipinski definition) is 4. The van der Waals surface area contributed by atoms with E-state index in [1.165, 1.54) is 6.20 Å². The fraction of sp³-hybridized carbons (Fsp3) is 0.235. The summed E-state index contributed by atoms with van der Waals surface area (Å²) >= 11 is 0. The third-order valence-corrected chi connectivity index (χ3v) is 3.65. The predicted octanol–water partition coefficient (Wildman–Crippen LogP) is 3.92. The molecule has 0 fully saturated rings. The molecule has 0 unspecified atom stereocenters. The molecule has 5 nitrogen and oxygen atoms in total. The van der Waals surface area contributed by atoms with E-state index in [-0.39, 0.29) is 5.95 Å². The SMILES string of the molecule is Cc1nn(-c2ccccc2)c(C)c1-c1ccnc(NCC(F)(F)F)n1. The first kappa shape index (κ1) is 16.9. The van der Waals surface area contributed by atoms with E-state index in [1.807, 2.05) is 44.2 Å². The number of rotatable bonds is 4. The average Bonchev–Trinajstić information content (AvgIpc) is 2.88. The number of anilines is 1. The lowest BCUT2D eigenvalue weighted by Crippen LogP contribution is -2.22. The number of halogens is 3. The molecule has 0 atom stereocenters. The van der Waals surface area contributed by atoms with Crippen LogP contribution in [0.4, 0.5) is 19.1 Å². The van der Waals surface area contributed by atoms with Crippen LogP contribution < -0.4 is 5.32 Å². The van der Waals surface area contributed by atoms with Gasteiger partial charge in [-0.25, -0.2) is 14.6 Å². The molecular weight excluding hydrogens is 331 g/mol. The largest absolute Gasteiger partial charge is 0.405 e. The van der Waals surface area contributed by atoms with E-state index < -0.39 is 12.7 Å². The average molecular weight is 347 g/mol. The summed E-state index contributed by atoms with van der Waals surface area (Å²) in [5.74, 6) is -0.0684. The van der Waals surface area contributed by atoms with E-state index in [2.05, 4.69) is 20.4 Å². The highest BCUT2D eigenvalue weighted by Gasteiger charge is 2.27. The van der Waals surface area contributed by atoms with Gasteiger partial charge in [0.2, 0.25) is 5.95 Å². The summed E-state index contributed by atoms with van der Waals surface area (Å²) in [6, 6.07) is 11.3. The Morgan fingerprint density at radius 2 is 1.80 bits per heavy atom. The fourth-order valence-electron chi connectivity index (χ4n) is 2.60. The Morgan fingerprint density at radius 3 is 2.48 bits per heavy atom. The highest BCUT2D eigenvalue weighted by atomic mass is 19.4. The molecule has 8 heteroatoms. The van der Waals surface area contributed by atoms with Gasteiger partial charge in [0.05, 0.1) is 22.8 Å². The molecule has 2 aromatic heterocycles. The van der Waals surface area contributed by atoms with E-state index >= 15 is 0 Å². The predicted molar refractivity (Wildman–Crippen MR) is 88.6 cm³/mol. The minimum Gasteiger partial charge on any atom is -0.345 e. The quantitative estimate of drug-likeness (QED) is 0.777. The zero-order valence-corrected chi connectivity index (χ0v) is 13.7. The van der Waals surface area contributed by atoms with Crippen molar-refractivity contribution < 1.29 is 13.2 Å².